The quantitative estimate of drug-likeness (QED) is 0.799. The van der Waals surface area contributed by atoms with E-state index in [1.54, 1.807) is 6.92 Å². The third-order valence-corrected chi connectivity index (χ3v) is 4.82. The van der Waals surface area contributed by atoms with Gasteiger partial charge >= 0.3 is 0 Å². The van der Waals surface area contributed by atoms with Gasteiger partial charge in [-0.25, -0.2) is 0 Å². The highest BCUT2D eigenvalue weighted by Gasteiger charge is 2.09. The Balaban J connectivity index is 2.83. The van der Waals surface area contributed by atoms with E-state index in [0.717, 1.165) is 13.4 Å². The molecule has 0 amide bonds. The van der Waals surface area contributed by atoms with Crippen molar-refractivity contribution in [1.82, 2.24) is 0 Å². The van der Waals surface area contributed by atoms with Crippen LogP contribution in [0.2, 0.25) is 0 Å². The topological polar surface area (TPSA) is 29.5 Å². The molecule has 0 aliphatic rings. The van der Waals surface area contributed by atoms with Crippen LogP contribution in [0, 0.1) is 0 Å². The Bertz CT molecular complexity index is 326. The summed E-state index contributed by atoms with van der Waals surface area (Å²) in [5.41, 5.74) is 0. The van der Waals surface area contributed by atoms with Gasteiger partial charge in [0.05, 0.1) is 10.6 Å². The van der Waals surface area contributed by atoms with Crippen molar-refractivity contribution >= 4 is 47.8 Å². The van der Waals surface area contributed by atoms with Gasteiger partial charge in [0.15, 0.2) is 0 Å². The average Bonchev–Trinajstić information content (AvgIpc) is 2.13. The summed E-state index contributed by atoms with van der Waals surface area (Å²) in [6.45, 7) is 1.97. The first-order chi connectivity index (χ1) is 6.52. The molecule has 0 aliphatic heterocycles. The molecule has 0 heterocycles. The Morgan fingerprint density at radius 2 is 1.93 bits per heavy atom. The summed E-state index contributed by atoms with van der Waals surface area (Å²) in [7, 11) is 0. The lowest BCUT2D eigenvalue weighted by atomic mass is 10.3. The first-order valence-electron chi connectivity index (χ1n) is 3.96. The third-order valence-electron chi connectivity index (χ3n) is 1.48. The van der Waals surface area contributed by atoms with Gasteiger partial charge in [0.2, 0.25) is 0 Å². The van der Waals surface area contributed by atoms with Gasteiger partial charge in [0, 0.05) is 8.95 Å². The fourth-order valence-electron chi connectivity index (χ4n) is 0.830. The molecule has 0 fully saturated rings. The largest absolute Gasteiger partial charge is 0.490 e. The van der Waals surface area contributed by atoms with Gasteiger partial charge in [0.1, 0.15) is 12.4 Å². The highest BCUT2D eigenvalue weighted by Crippen LogP contribution is 2.37. The monoisotopic (exact) mass is 386 g/mol. The molecule has 1 aromatic rings. The lowest BCUT2D eigenvalue weighted by molar-refractivity contribution is 0.122. The molecule has 2 nitrogen and oxygen atoms in total. The first kappa shape index (κ1) is 12.5. The van der Waals surface area contributed by atoms with Crippen molar-refractivity contribution in [2.24, 2.45) is 0 Å². The molecule has 1 unspecified atom stereocenters. The molecule has 0 aromatic heterocycles. The van der Waals surface area contributed by atoms with Crippen LogP contribution in [0.1, 0.15) is 6.92 Å². The second-order valence-corrected chi connectivity index (χ2v) is 5.27. The van der Waals surface area contributed by atoms with Gasteiger partial charge < -0.3 is 9.84 Å². The van der Waals surface area contributed by atoms with Crippen molar-refractivity contribution in [3.63, 3.8) is 0 Å². The van der Waals surface area contributed by atoms with Crippen LogP contribution in [-0.4, -0.2) is 17.8 Å². The van der Waals surface area contributed by atoms with Crippen molar-refractivity contribution < 1.29 is 9.84 Å². The maximum Gasteiger partial charge on any atom is 0.134 e. The summed E-state index contributed by atoms with van der Waals surface area (Å²) in [5, 5.41) is 9.07. The minimum atomic E-state index is -0.468. The van der Waals surface area contributed by atoms with Crippen molar-refractivity contribution in [1.29, 1.82) is 0 Å². The van der Waals surface area contributed by atoms with E-state index in [-0.39, 0.29) is 6.61 Å². The van der Waals surface area contributed by atoms with Crippen LogP contribution >= 0.6 is 47.8 Å². The standard InChI is InChI=1S/C9H9Br3O2/c1-5(13)4-14-7-3-2-6(10)8(11)9(7)12/h2-3,5,13H,4H2,1H3. The molecule has 0 saturated carbocycles. The van der Waals surface area contributed by atoms with E-state index < -0.39 is 6.10 Å². The van der Waals surface area contributed by atoms with Crippen LogP contribution in [0.4, 0.5) is 0 Å². The van der Waals surface area contributed by atoms with Crippen molar-refractivity contribution in [2.45, 2.75) is 13.0 Å². The number of hydrogen-bond donors (Lipinski definition) is 1. The smallest absolute Gasteiger partial charge is 0.134 e. The number of benzene rings is 1. The second kappa shape index (κ2) is 5.49. The molecular weight excluding hydrogens is 380 g/mol. The Hall–Kier alpha value is 0.420. The number of aliphatic hydroxyl groups excluding tert-OH is 1. The van der Waals surface area contributed by atoms with Crippen LogP contribution < -0.4 is 4.74 Å². The zero-order chi connectivity index (χ0) is 10.7. The molecule has 1 N–H and O–H groups in total. The van der Waals surface area contributed by atoms with Gasteiger partial charge in [0.25, 0.3) is 0 Å². The van der Waals surface area contributed by atoms with Gasteiger partial charge in [-0.05, 0) is 66.8 Å². The molecule has 0 saturated heterocycles. The summed E-state index contributed by atoms with van der Waals surface area (Å²) in [4.78, 5) is 0. The second-order valence-electron chi connectivity index (χ2n) is 2.83. The van der Waals surface area contributed by atoms with Crippen LogP contribution in [0.15, 0.2) is 25.6 Å². The van der Waals surface area contributed by atoms with Gasteiger partial charge in [-0.3, -0.25) is 0 Å². The van der Waals surface area contributed by atoms with Crippen molar-refractivity contribution in [3.8, 4) is 5.75 Å². The lowest BCUT2D eigenvalue weighted by Crippen LogP contribution is -2.13. The molecule has 78 valence electrons. The molecule has 1 aromatic carbocycles. The van der Waals surface area contributed by atoms with Crippen LogP contribution in [0.3, 0.4) is 0 Å². The number of halogens is 3. The van der Waals surface area contributed by atoms with Gasteiger partial charge in [-0.15, -0.1) is 0 Å². The average molecular weight is 389 g/mol. The lowest BCUT2D eigenvalue weighted by Gasteiger charge is -2.11. The molecule has 0 radical (unpaired) electrons. The molecular formula is C9H9Br3O2. The summed E-state index contributed by atoms with van der Waals surface area (Å²) in [5.74, 6) is 0.709. The van der Waals surface area contributed by atoms with E-state index in [0.29, 0.717) is 5.75 Å². The van der Waals surface area contributed by atoms with E-state index in [1.165, 1.54) is 0 Å². The number of ether oxygens (including phenoxy) is 1. The summed E-state index contributed by atoms with van der Waals surface area (Å²) < 4.78 is 8.08. The molecule has 5 heteroatoms. The predicted octanol–water partition coefficient (Wildman–Crippen LogP) is 3.73. The summed E-state index contributed by atoms with van der Waals surface area (Å²) in [6.07, 6.45) is -0.468. The molecule has 0 bridgehead atoms. The SMILES string of the molecule is CC(O)COc1ccc(Br)c(Br)c1Br. The highest BCUT2D eigenvalue weighted by atomic mass is 79.9. The summed E-state index contributed by atoms with van der Waals surface area (Å²) in [6, 6.07) is 3.72. The Labute approximate surface area is 108 Å². The van der Waals surface area contributed by atoms with Crippen LogP contribution in [0.5, 0.6) is 5.75 Å². The summed E-state index contributed by atoms with van der Waals surface area (Å²) >= 11 is 10.2. The van der Waals surface area contributed by atoms with Crippen molar-refractivity contribution in [2.75, 3.05) is 6.61 Å². The Morgan fingerprint density at radius 3 is 2.50 bits per heavy atom. The van der Waals surface area contributed by atoms with Gasteiger partial charge in [-0.2, -0.15) is 0 Å². The van der Waals surface area contributed by atoms with Crippen LogP contribution in [-0.2, 0) is 0 Å². The number of rotatable bonds is 3. The maximum absolute atomic E-state index is 9.07. The predicted molar refractivity (Wildman–Crippen MR) is 66.7 cm³/mol. The highest BCUT2D eigenvalue weighted by molar-refractivity contribution is 9.14. The molecule has 14 heavy (non-hydrogen) atoms. The van der Waals surface area contributed by atoms with E-state index >= 15 is 0 Å². The number of aliphatic hydroxyl groups is 1. The van der Waals surface area contributed by atoms with E-state index in [2.05, 4.69) is 47.8 Å². The third kappa shape index (κ3) is 3.22. The Morgan fingerprint density at radius 1 is 1.29 bits per heavy atom. The molecule has 1 atom stereocenters. The maximum atomic E-state index is 9.07. The fraction of sp³-hybridized carbons (Fsp3) is 0.333. The first-order valence-corrected chi connectivity index (χ1v) is 6.34. The van der Waals surface area contributed by atoms with Gasteiger partial charge in [-0.1, -0.05) is 0 Å². The minimum absolute atomic E-state index is 0.284. The minimum Gasteiger partial charge on any atom is -0.490 e. The van der Waals surface area contributed by atoms with E-state index in [9.17, 15) is 0 Å². The van der Waals surface area contributed by atoms with Crippen LogP contribution in [0.25, 0.3) is 0 Å². The zero-order valence-electron chi connectivity index (χ0n) is 7.43. The normalized spacial score (nSPS) is 12.6. The molecule has 1 rings (SSSR count). The van der Waals surface area contributed by atoms with Crippen molar-refractivity contribution in [3.05, 3.63) is 25.6 Å². The molecule has 0 aliphatic carbocycles. The number of hydrogen-bond acceptors (Lipinski definition) is 2. The Kier molecular flexibility index (Phi) is 4.90. The van der Waals surface area contributed by atoms with E-state index in [4.69, 9.17) is 9.84 Å². The zero-order valence-corrected chi connectivity index (χ0v) is 12.2. The molecule has 0 spiro atoms. The fourth-order valence-corrected chi connectivity index (χ4v) is 2.21. The van der Waals surface area contributed by atoms with E-state index in [1.807, 2.05) is 12.1 Å².